The van der Waals surface area contributed by atoms with Crippen LogP contribution < -0.4 is 0 Å². The first kappa shape index (κ1) is 23.4. The van der Waals surface area contributed by atoms with Gasteiger partial charge in [-0.1, -0.05) is 19.3 Å². The molecule has 5 aliphatic rings. The molecule has 0 aromatic heterocycles. The van der Waals surface area contributed by atoms with E-state index >= 15 is 0 Å². The Morgan fingerprint density at radius 1 is 0.875 bits per heavy atom. The van der Waals surface area contributed by atoms with Gasteiger partial charge in [0.15, 0.2) is 6.61 Å². The second kappa shape index (κ2) is 8.90. The van der Waals surface area contributed by atoms with E-state index in [1.807, 2.05) is 0 Å². The van der Waals surface area contributed by atoms with E-state index < -0.39 is 24.5 Å². The van der Waals surface area contributed by atoms with Crippen molar-refractivity contribution in [3.8, 4) is 0 Å². The number of carbonyl (C=O) groups excluding carboxylic acids is 3. The summed E-state index contributed by atoms with van der Waals surface area (Å²) in [7, 11) is 0. The third kappa shape index (κ3) is 5.25. The van der Waals surface area contributed by atoms with E-state index in [0.29, 0.717) is 25.4 Å². The average Bonchev–Trinajstić information content (AvgIpc) is 2.73. The van der Waals surface area contributed by atoms with E-state index in [2.05, 4.69) is 4.74 Å². The molecule has 180 valence electrons. The van der Waals surface area contributed by atoms with Crippen molar-refractivity contribution < 1.29 is 37.4 Å². The number of carbonyl (C=O) groups is 3. The van der Waals surface area contributed by atoms with Crippen LogP contribution in [0.4, 0.5) is 8.78 Å². The lowest BCUT2D eigenvalue weighted by atomic mass is 9.44. The smallest absolute Gasteiger partial charge is 0.377 e. The highest BCUT2D eigenvalue weighted by atomic mass is 19.3. The molecule has 2 unspecified atom stereocenters. The fourth-order valence-electron chi connectivity index (χ4n) is 7.19. The number of rotatable bonds is 8. The largest absolute Gasteiger partial charge is 0.465 e. The highest BCUT2D eigenvalue weighted by Gasteiger charge is 2.58. The maximum atomic E-state index is 12.9. The molecule has 0 aromatic rings. The molecule has 0 heterocycles. The maximum Gasteiger partial charge on any atom is 0.377 e. The standard InChI is InChI=1S/C24H34F2O6/c1-22(25,26)21(29)30-12-19(27)31-14-23-8-16-7-17(9-23)11-24(10-16,13-23)15-32-20(28)18-5-3-2-4-6-18/h16-18H,2-15H2,1H3. The molecule has 5 aliphatic carbocycles. The van der Waals surface area contributed by atoms with E-state index in [9.17, 15) is 23.2 Å². The Labute approximate surface area is 187 Å². The quantitative estimate of drug-likeness (QED) is 0.397. The number of ether oxygens (including phenoxy) is 3. The van der Waals surface area contributed by atoms with Gasteiger partial charge in [0.1, 0.15) is 0 Å². The van der Waals surface area contributed by atoms with Crippen molar-refractivity contribution in [3.63, 3.8) is 0 Å². The summed E-state index contributed by atoms with van der Waals surface area (Å²) in [5, 5.41) is 0. The van der Waals surface area contributed by atoms with Gasteiger partial charge in [0.05, 0.1) is 19.1 Å². The van der Waals surface area contributed by atoms with Gasteiger partial charge in [-0.3, -0.25) is 4.79 Å². The molecule has 4 bridgehead atoms. The van der Waals surface area contributed by atoms with Crippen LogP contribution >= 0.6 is 0 Å². The summed E-state index contributed by atoms with van der Waals surface area (Å²) in [6.45, 7) is 0.247. The third-order valence-electron chi connectivity index (χ3n) is 7.98. The van der Waals surface area contributed by atoms with Crippen molar-refractivity contribution in [2.24, 2.45) is 28.6 Å². The minimum Gasteiger partial charge on any atom is -0.465 e. The summed E-state index contributed by atoms with van der Waals surface area (Å²) in [6.07, 6.45) is 11.2. The van der Waals surface area contributed by atoms with E-state index in [0.717, 1.165) is 64.2 Å². The molecule has 0 spiro atoms. The molecule has 5 rings (SSSR count). The molecule has 0 amide bonds. The number of alkyl halides is 2. The molecule has 0 aliphatic heterocycles. The van der Waals surface area contributed by atoms with Crippen molar-refractivity contribution in [2.75, 3.05) is 19.8 Å². The number of hydrogen-bond donors (Lipinski definition) is 0. The number of esters is 3. The molecule has 0 radical (unpaired) electrons. The predicted molar refractivity (Wildman–Crippen MR) is 110 cm³/mol. The lowest BCUT2D eigenvalue weighted by Crippen LogP contribution is -2.55. The van der Waals surface area contributed by atoms with Crippen LogP contribution in [0.25, 0.3) is 0 Å². The minimum absolute atomic E-state index is 0.0331. The molecular weight excluding hydrogens is 422 g/mol. The first-order valence-corrected chi connectivity index (χ1v) is 12.0. The molecule has 0 N–H and O–H groups in total. The van der Waals surface area contributed by atoms with Crippen LogP contribution in [0.2, 0.25) is 0 Å². The zero-order valence-electron chi connectivity index (χ0n) is 18.8. The Morgan fingerprint density at radius 3 is 2.00 bits per heavy atom. The topological polar surface area (TPSA) is 78.9 Å². The predicted octanol–water partition coefficient (Wildman–Crippen LogP) is 4.44. The number of hydrogen-bond acceptors (Lipinski definition) is 6. The minimum atomic E-state index is -3.64. The Bertz CT molecular complexity index is 725. The zero-order valence-corrected chi connectivity index (χ0v) is 18.8. The Kier molecular flexibility index (Phi) is 6.52. The summed E-state index contributed by atoms with van der Waals surface area (Å²) in [5.74, 6) is -5.15. The summed E-state index contributed by atoms with van der Waals surface area (Å²) in [4.78, 5) is 35.8. The molecule has 5 fully saturated rings. The van der Waals surface area contributed by atoms with Crippen molar-refractivity contribution >= 4 is 17.9 Å². The fourth-order valence-corrected chi connectivity index (χ4v) is 7.19. The van der Waals surface area contributed by atoms with E-state index in [-0.39, 0.29) is 29.3 Å². The van der Waals surface area contributed by atoms with Gasteiger partial charge < -0.3 is 14.2 Å². The lowest BCUT2D eigenvalue weighted by molar-refractivity contribution is -0.186. The van der Waals surface area contributed by atoms with E-state index in [1.54, 1.807) is 0 Å². The van der Waals surface area contributed by atoms with Crippen LogP contribution in [0.15, 0.2) is 0 Å². The summed E-state index contributed by atoms with van der Waals surface area (Å²) < 4.78 is 41.4. The molecule has 0 saturated heterocycles. The molecule has 5 saturated carbocycles. The second-order valence-electron chi connectivity index (χ2n) is 11.0. The van der Waals surface area contributed by atoms with Crippen molar-refractivity contribution in [1.82, 2.24) is 0 Å². The zero-order chi connectivity index (χ0) is 23.0. The van der Waals surface area contributed by atoms with Gasteiger partial charge in [-0.15, -0.1) is 0 Å². The van der Waals surface area contributed by atoms with Crippen LogP contribution in [0.1, 0.15) is 77.6 Å². The second-order valence-corrected chi connectivity index (χ2v) is 11.0. The van der Waals surface area contributed by atoms with E-state index in [4.69, 9.17) is 9.47 Å². The summed E-state index contributed by atoms with van der Waals surface area (Å²) >= 11 is 0. The monoisotopic (exact) mass is 456 g/mol. The van der Waals surface area contributed by atoms with Gasteiger partial charge in [0.25, 0.3) is 0 Å². The molecule has 6 nitrogen and oxygen atoms in total. The molecular formula is C24H34F2O6. The highest BCUT2D eigenvalue weighted by molar-refractivity contribution is 5.80. The van der Waals surface area contributed by atoms with Gasteiger partial charge in [-0.05, 0) is 63.2 Å². The van der Waals surface area contributed by atoms with Crippen molar-refractivity contribution in [3.05, 3.63) is 0 Å². The molecule has 8 heteroatoms. The van der Waals surface area contributed by atoms with Crippen LogP contribution in [-0.4, -0.2) is 43.7 Å². The van der Waals surface area contributed by atoms with Gasteiger partial charge in [0.2, 0.25) is 0 Å². The Balaban J connectivity index is 1.31. The summed E-state index contributed by atoms with van der Waals surface area (Å²) in [5.41, 5.74) is -0.229. The van der Waals surface area contributed by atoms with Crippen LogP contribution in [0.5, 0.6) is 0 Å². The maximum absolute atomic E-state index is 12.9. The average molecular weight is 457 g/mol. The SMILES string of the molecule is CC(F)(F)C(=O)OCC(=O)OCC12CC3CC(C1)CC(COC(=O)C1CCCCC1)(C3)C2. The third-order valence-corrected chi connectivity index (χ3v) is 7.98. The first-order valence-electron chi connectivity index (χ1n) is 12.0. The van der Waals surface area contributed by atoms with Crippen LogP contribution in [0, 0.1) is 28.6 Å². The summed E-state index contributed by atoms with van der Waals surface area (Å²) in [6, 6.07) is 0. The van der Waals surface area contributed by atoms with Gasteiger partial charge in [-0.25, -0.2) is 9.59 Å². The van der Waals surface area contributed by atoms with Crippen molar-refractivity contribution in [2.45, 2.75) is 83.5 Å². The Morgan fingerprint density at radius 2 is 1.44 bits per heavy atom. The molecule has 32 heavy (non-hydrogen) atoms. The highest BCUT2D eigenvalue weighted by Crippen LogP contribution is 2.65. The van der Waals surface area contributed by atoms with Gasteiger partial charge in [-0.2, -0.15) is 8.78 Å². The lowest BCUT2D eigenvalue weighted by Gasteiger charge is -2.61. The van der Waals surface area contributed by atoms with Gasteiger partial charge in [0, 0.05) is 17.8 Å². The Hall–Kier alpha value is -1.73. The van der Waals surface area contributed by atoms with Crippen LogP contribution in [0.3, 0.4) is 0 Å². The van der Waals surface area contributed by atoms with Gasteiger partial charge >= 0.3 is 23.8 Å². The van der Waals surface area contributed by atoms with E-state index in [1.165, 1.54) is 6.42 Å². The molecule has 2 atom stereocenters. The van der Waals surface area contributed by atoms with Crippen LogP contribution in [-0.2, 0) is 28.6 Å². The van der Waals surface area contributed by atoms with Crippen molar-refractivity contribution in [1.29, 1.82) is 0 Å². The normalized spacial score (nSPS) is 34.2. The fraction of sp³-hybridized carbons (Fsp3) is 0.875. The molecule has 0 aromatic carbocycles. The number of halogens is 2. The first-order chi connectivity index (χ1) is 15.1.